The molecule has 8 heteroatoms. The summed E-state index contributed by atoms with van der Waals surface area (Å²) in [6.45, 7) is 3.85. The number of benzene rings is 1. The molecule has 0 amide bonds. The van der Waals surface area contributed by atoms with E-state index < -0.39 is 14.9 Å². The van der Waals surface area contributed by atoms with Gasteiger partial charge in [0.15, 0.2) is 5.75 Å². The number of ether oxygens (including phenoxy) is 1. The minimum atomic E-state index is -3.42. The first-order chi connectivity index (χ1) is 9.70. The normalized spacial score (nSPS) is 11.4. The molecule has 0 atom stereocenters. The van der Waals surface area contributed by atoms with Crippen molar-refractivity contribution in [3.05, 3.63) is 33.4 Å². The van der Waals surface area contributed by atoms with Crippen LogP contribution in [0.15, 0.2) is 12.1 Å². The predicted molar refractivity (Wildman–Crippen MR) is 79.9 cm³/mol. The second-order valence-electron chi connectivity index (χ2n) is 4.96. The van der Waals surface area contributed by atoms with Crippen LogP contribution in [0.1, 0.15) is 30.4 Å². The van der Waals surface area contributed by atoms with Crippen molar-refractivity contribution in [3.63, 3.8) is 0 Å². The summed E-state index contributed by atoms with van der Waals surface area (Å²) in [5.41, 5.74) is 1.47. The molecule has 0 unspecified atom stereocenters. The number of nitro groups is 1. The monoisotopic (exact) mass is 316 g/mol. The molecule has 21 heavy (non-hydrogen) atoms. The van der Waals surface area contributed by atoms with Gasteiger partial charge in [-0.2, -0.15) is 0 Å². The minimum Gasteiger partial charge on any atom is -0.487 e. The van der Waals surface area contributed by atoms with Gasteiger partial charge in [0.2, 0.25) is 10.0 Å². The second kappa shape index (κ2) is 7.37. The highest BCUT2D eigenvalue weighted by atomic mass is 32.2. The third kappa shape index (κ3) is 6.09. The van der Waals surface area contributed by atoms with E-state index in [4.69, 9.17) is 9.88 Å². The molecule has 118 valence electrons. The van der Waals surface area contributed by atoms with Gasteiger partial charge in [-0.15, -0.1) is 0 Å². The average molecular weight is 316 g/mol. The number of rotatable bonds is 8. The van der Waals surface area contributed by atoms with Crippen LogP contribution in [0.5, 0.6) is 5.75 Å². The molecule has 1 aromatic carbocycles. The molecule has 0 aliphatic heterocycles. The van der Waals surface area contributed by atoms with Gasteiger partial charge >= 0.3 is 5.69 Å². The SMILES string of the molecule is Cc1cc(C)c(OCCCCCS(N)(=O)=O)c([N+](=O)[O-])c1. The van der Waals surface area contributed by atoms with Crippen LogP contribution in [0.2, 0.25) is 0 Å². The van der Waals surface area contributed by atoms with Gasteiger partial charge < -0.3 is 4.74 Å². The van der Waals surface area contributed by atoms with Crippen LogP contribution >= 0.6 is 0 Å². The van der Waals surface area contributed by atoms with Gasteiger partial charge in [-0.05, 0) is 44.2 Å². The number of hydrogen-bond donors (Lipinski definition) is 1. The highest BCUT2D eigenvalue weighted by molar-refractivity contribution is 7.89. The van der Waals surface area contributed by atoms with Gasteiger partial charge in [0, 0.05) is 6.07 Å². The summed E-state index contributed by atoms with van der Waals surface area (Å²) < 4.78 is 27.0. The van der Waals surface area contributed by atoms with E-state index in [0.29, 0.717) is 31.4 Å². The Labute approximate surface area is 124 Å². The fraction of sp³-hybridized carbons (Fsp3) is 0.538. The molecule has 0 heterocycles. The van der Waals surface area contributed by atoms with Crippen molar-refractivity contribution < 1.29 is 18.1 Å². The maximum atomic E-state index is 11.0. The minimum absolute atomic E-state index is 0.0444. The van der Waals surface area contributed by atoms with E-state index in [0.717, 1.165) is 5.56 Å². The van der Waals surface area contributed by atoms with Crippen molar-refractivity contribution in [1.82, 2.24) is 0 Å². The Kier molecular flexibility index (Phi) is 6.10. The van der Waals surface area contributed by atoms with Crippen LogP contribution in [0.3, 0.4) is 0 Å². The summed E-state index contributed by atoms with van der Waals surface area (Å²) in [7, 11) is -3.42. The molecule has 1 aromatic rings. The van der Waals surface area contributed by atoms with Crippen molar-refractivity contribution in [2.75, 3.05) is 12.4 Å². The first-order valence-corrected chi connectivity index (χ1v) is 8.31. The Hall–Kier alpha value is -1.67. The molecule has 1 rings (SSSR count). The molecular weight excluding hydrogens is 296 g/mol. The summed E-state index contributed by atoms with van der Waals surface area (Å²) in [5, 5.41) is 15.9. The summed E-state index contributed by atoms with van der Waals surface area (Å²) in [6, 6.07) is 3.30. The van der Waals surface area contributed by atoms with E-state index in [1.807, 2.05) is 6.07 Å². The summed E-state index contributed by atoms with van der Waals surface area (Å²) in [4.78, 5) is 10.6. The van der Waals surface area contributed by atoms with Crippen LogP contribution < -0.4 is 9.88 Å². The maximum absolute atomic E-state index is 11.0. The molecule has 0 aliphatic rings. The van der Waals surface area contributed by atoms with E-state index in [-0.39, 0.29) is 17.2 Å². The highest BCUT2D eigenvalue weighted by Gasteiger charge is 2.18. The maximum Gasteiger partial charge on any atom is 0.311 e. The Morgan fingerprint density at radius 2 is 1.90 bits per heavy atom. The van der Waals surface area contributed by atoms with Crippen LogP contribution in [0, 0.1) is 24.0 Å². The standard InChI is InChI=1S/C13H20N2O5S/c1-10-8-11(2)13(12(9-10)15(16)17)20-6-4-3-5-7-21(14,18)19/h8-9H,3-7H2,1-2H3,(H2,14,18,19). The Balaban J connectivity index is 2.54. The van der Waals surface area contributed by atoms with E-state index in [9.17, 15) is 18.5 Å². The highest BCUT2D eigenvalue weighted by Crippen LogP contribution is 2.32. The van der Waals surface area contributed by atoms with Crippen molar-refractivity contribution in [1.29, 1.82) is 0 Å². The summed E-state index contributed by atoms with van der Waals surface area (Å²) >= 11 is 0. The van der Waals surface area contributed by atoms with Gasteiger partial charge in [-0.3, -0.25) is 10.1 Å². The van der Waals surface area contributed by atoms with Crippen molar-refractivity contribution >= 4 is 15.7 Å². The molecule has 0 fully saturated rings. The smallest absolute Gasteiger partial charge is 0.311 e. The quantitative estimate of drug-likeness (QED) is 0.448. The Morgan fingerprint density at radius 1 is 1.24 bits per heavy atom. The van der Waals surface area contributed by atoms with Crippen molar-refractivity contribution in [2.45, 2.75) is 33.1 Å². The fourth-order valence-electron chi connectivity index (χ4n) is 2.01. The first kappa shape index (κ1) is 17.4. The number of aryl methyl sites for hydroxylation is 2. The third-order valence-corrected chi connectivity index (χ3v) is 3.77. The van der Waals surface area contributed by atoms with Gasteiger partial charge in [-0.1, -0.05) is 6.07 Å². The number of nitrogens with two attached hydrogens (primary N) is 1. The lowest BCUT2D eigenvalue weighted by molar-refractivity contribution is -0.386. The van der Waals surface area contributed by atoms with Crippen LogP contribution in [0.4, 0.5) is 5.69 Å². The van der Waals surface area contributed by atoms with Crippen molar-refractivity contribution in [3.8, 4) is 5.75 Å². The number of hydrogen-bond acceptors (Lipinski definition) is 5. The number of primary sulfonamides is 1. The average Bonchev–Trinajstić information content (AvgIpc) is 2.33. The molecule has 0 saturated heterocycles. The first-order valence-electron chi connectivity index (χ1n) is 6.59. The second-order valence-corrected chi connectivity index (χ2v) is 6.70. The molecule has 0 bridgehead atoms. The van der Waals surface area contributed by atoms with Gasteiger partial charge in [0.1, 0.15) is 0 Å². The lowest BCUT2D eigenvalue weighted by atomic mass is 10.1. The number of unbranched alkanes of at least 4 members (excludes halogenated alkanes) is 2. The van der Waals surface area contributed by atoms with E-state index in [2.05, 4.69) is 0 Å². The lowest BCUT2D eigenvalue weighted by Crippen LogP contribution is -2.16. The fourth-order valence-corrected chi connectivity index (χ4v) is 2.62. The summed E-state index contributed by atoms with van der Waals surface area (Å²) in [6.07, 6.45) is 1.70. The number of nitro benzene ring substituents is 1. The zero-order valence-electron chi connectivity index (χ0n) is 12.2. The molecule has 2 N–H and O–H groups in total. The molecular formula is C13H20N2O5S. The number of sulfonamides is 1. The van der Waals surface area contributed by atoms with Gasteiger partial charge in [-0.25, -0.2) is 13.6 Å². The van der Waals surface area contributed by atoms with E-state index in [1.54, 1.807) is 13.8 Å². The third-order valence-electron chi connectivity index (χ3n) is 2.92. The number of nitrogens with zero attached hydrogens (tertiary/aromatic N) is 1. The van der Waals surface area contributed by atoms with Crippen LogP contribution in [-0.4, -0.2) is 25.7 Å². The van der Waals surface area contributed by atoms with Gasteiger partial charge in [0.05, 0.1) is 17.3 Å². The molecule has 0 saturated carbocycles. The Bertz CT molecular complexity index is 613. The van der Waals surface area contributed by atoms with Crippen molar-refractivity contribution in [2.24, 2.45) is 5.14 Å². The van der Waals surface area contributed by atoms with Crippen LogP contribution in [0.25, 0.3) is 0 Å². The zero-order valence-corrected chi connectivity index (χ0v) is 13.0. The molecule has 0 aromatic heterocycles. The molecule has 7 nitrogen and oxygen atoms in total. The van der Waals surface area contributed by atoms with E-state index in [1.165, 1.54) is 6.07 Å². The molecule has 0 spiro atoms. The van der Waals surface area contributed by atoms with Gasteiger partial charge in [0.25, 0.3) is 0 Å². The molecule has 0 radical (unpaired) electrons. The Morgan fingerprint density at radius 3 is 2.48 bits per heavy atom. The van der Waals surface area contributed by atoms with Crippen LogP contribution in [-0.2, 0) is 10.0 Å². The molecule has 0 aliphatic carbocycles. The zero-order chi connectivity index (χ0) is 16.0. The largest absolute Gasteiger partial charge is 0.487 e. The van der Waals surface area contributed by atoms with E-state index >= 15 is 0 Å². The summed E-state index contributed by atoms with van der Waals surface area (Å²) in [5.74, 6) is 0.216. The lowest BCUT2D eigenvalue weighted by Gasteiger charge is -2.10. The topological polar surface area (TPSA) is 113 Å². The predicted octanol–water partition coefficient (Wildman–Crippen LogP) is 2.05.